The van der Waals surface area contributed by atoms with Crippen LogP contribution in [0, 0.1) is 20.2 Å². The largest absolute Gasteiger partial charge is 0.461 e. The lowest BCUT2D eigenvalue weighted by atomic mass is 10.1. The Morgan fingerprint density at radius 1 is 0.906 bits per heavy atom. The van der Waals surface area contributed by atoms with Crippen molar-refractivity contribution in [2.75, 3.05) is 5.32 Å². The van der Waals surface area contributed by atoms with E-state index in [0.717, 1.165) is 0 Å². The number of hydrogen-bond acceptors (Lipinski definition) is 6. The molecule has 0 saturated carbocycles. The van der Waals surface area contributed by atoms with E-state index in [9.17, 15) is 51.0 Å². The normalized spacial score (nSPS) is 12.1. The minimum absolute atomic E-state index is 0.0673. The van der Waals surface area contributed by atoms with Gasteiger partial charge in [-0.2, -0.15) is 30.7 Å². The number of nitrogens with one attached hydrogen (secondary N) is 1. The fourth-order valence-corrected chi connectivity index (χ4v) is 3.61. The number of alkyl halides is 7. The van der Waals surface area contributed by atoms with Crippen LogP contribution in [0.4, 0.5) is 53.5 Å². The van der Waals surface area contributed by atoms with E-state index in [2.05, 4.69) is 41.9 Å². The van der Waals surface area contributed by atoms with Crippen LogP contribution in [0.2, 0.25) is 0 Å². The second kappa shape index (κ2) is 9.05. The lowest BCUT2D eigenvalue weighted by molar-refractivity contribution is -0.394. The number of rotatable bonds is 7. The van der Waals surface area contributed by atoms with Crippen molar-refractivity contribution < 1.29 is 45.3 Å². The molecule has 8 nitrogen and oxygen atoms in total. The molecule has 32 heavy (non-hydrogen) atoms. The summed E-state index contributed by atoms with van der Waals surface area (Å²) in [5.41, 5.74) is -5.86. The van der Waals surface area contributed by atoms with Gasteiger partial charge in [0.25, 0.3) is 11.4 Å². The first-order chi connectivity index (χ1) is 14.5. The van der Waals surface area contributed by atoms with Crippen molar-refractivity contribution in [3.05, 3.63) is 59.0 Å². The smallest absolute Gasteiger partial charge is 0.428 e. The highest BCUT2D eigenvalue weighted by Crippen LogP contribution is 2.46. The summed E-state index contributed by atoms with van der Waals surface area (Å²) in [7, 11) is 0. The van der Waals surface area contributed by atoms with Gasteiger partial charge in [-0.3, -0.25) is 20.2 Å². The second-order valence-electron chi connectivity index (χ2n) is 5.75. The number of nitro groups is 2. The van der Waals surface area contributed by atoms with E-state index < -0.39 is 56.9 Å². The van der Waals surface area contributed by atoms with Gasteiger partial charge in [-0.1, -0.05) is 0 Å². The lowest BCUT2D eigenvalue weighted by Gasteiger charge is -2.19. The van der Waals surface area contributed by atoms with Crippen LogP contribution in [0.15, 0.2) is 33.2 Å². The van der Waals surface area contributed by atoms with Gasteiger partial charge < -0.3 is 10.1 Å². The van der Waals surface area contributed by atoms with Crippen molar-refractivity contribution in [2.24, 2.45) is 0 Å². The number of anilines is 2. The Balaban J connectivity index is 2.64. The maximum absolute atomic E-state index is 13.5. The molecule has 174 valence electrons. The first kappa shape index (κ1) is 25.6. The summed E-state index contributed by atoms with van der Waals surface area (Å²) in [5.74, 6) is -0.825. The molecule has 0 aliphatic heterocycles. The van der Waals surface area contributed by atoms with Crippen LogP contribution < -0.4 is 10.1 Å². The predicted octanol–water partition coefficient (Wildman–Crippen LogP) is 7.03. The van der Waals surface area contributed by atoms with Gasteiger partial charge in [0.05, 0.1) is 27.2 Å². The molecule has 2 aromatic carbocycles. The zero-order valence-electron chi connectivity index (χ0n) is 14.7. The highest BCUT2D eigenvalue weighted by Gasteiger charge is 2.44. The molecule has 0 aliphatic carbocycles. The van der Waals surface area contributed by atoms with Gasteiger partial charge in [-0.25, -0.2) is 0 Å². The molecule has 0 bridgehead atoms. The molecule has 17 heteroatoms. The van der Waals surface area contributed by atoms with Gasteiger partial charge in [0, 0.05) is 15.0 Å². The van der Waals surface area contributed by atoms with Crippen molar-refractivity contribution in [3.8, 4) is 5.75 Å². The Labute approximate surface area is 188 Å². The number of halogens is 9. The minimum atomic E-state index is -5.28. The number of benzene rings is 2. The average molecular weight is 601 g/mol. The Morgan fingerprint density at radius 2 is 1.44 bits per heavy atom. The van der Waals surface area contributed by atoms with Crippen molar-refractivity contribution in [1.29, 1.82) is 0 Å². The zero-order valence-corrected chi connectivity index (χ0v) is 17.9. The maximum Gasteiger partial charge on any atom is 0.461 e. The highest BCUT2D eigenvalue weighted by molar-refractivity contribution is 9.11. The van der Waals surface area contributed by atoms with Crippen molar-refractivity contribution >= 4 is 54.6 Å². The van der Waals surface area contributed by atoms with Gasteiger partial charge in [-0.05, 0) is 44.0 Å². The molecule has 0 radical (unpaired) electrons. The molecule has 2 aromatic rings. The average Bonchev–Trinajstić information content (AvgIpc) is 2.62. The van der Waals surface area contributed by atoms with E-state index >= 15 is 0 Å². The first-order valence-corrected chi connectivity index (χ1v) is 9.28. The molecule has 0 aromatic heterocycles. The first-order valence-electron chi connectivity index (χ1n) is 7.69. The van der Waals surface area contributed by atoms with Crippen LogP contribution in [0.25, 0.3) is 0 Å². The molecule has 0 saturated heterocycles. The van der Waals surface area contributed by atoms with Crippen LogP contribution >= 0.6 is 31.9 Å². The molecular formula is C15H6Br2F7N3O5. The van der Waals surface area contributed by atoms with Crippen molar-refractivity contribution in [1.82, 2.24) is 0 Å². The monoisotopic (exact) mass is 599 g/mol. The fourth-order valence-electron chi connectivity index (χ4n) is 2.27. The molecule has 0 atom stereocenters. The predicted molar refractivity (Wildman–Crippen MR) is 101 cm³/mol. The minimum Gasteiger partial charge on any atom is -0.428 e. The number of non-ortho nitro benzene ring substituents is 1. The van der Waals surface area contributed by atoms with E-state index in [1.165, 1.54) is 0 Å². The molecule has 0 aliphatic rings. The third kappa shape index (κ3) is 5.56. The van der Waals surface area contributed by atoms with E-state index in [1.807, 2.05) is 0 Å². The van der Waals surface area contributed by atoms with Gasteiger partial charge in [0.15, 0.2) is 0 Å². The number of hydrogen-bond donors (Lipinski definition) is 1. The zero-order chi connectivity index (χ0) is 24.6. The summed E-state index contributed by atoms with van der Waals surface area (Å²) in [6, 6.07) is 1.74. The summed E-state index contributed by atoms with van der Waals surface area (Å²) < 4.78 is 94.5. The van der Waals surface area contributed by atoms with Crippen LogP contribution in [0.1, 0.15) is 5.56 Å². The lowest BCUT2D eigenvalue weighted by Crippen LogP contribution is -2.33. The van der Waals surface area contributed by atoms with Gasteiger partial charge in [0.1, 0.15) is 11.4 Å². The molecule has 0 fully saturated rings. The van der Waals surface area contributed by atoms with Crippen LogP contribution in [0.5, 0.6) is 5.75 Å². The Morgan fingerprint density at radius 3 is 1.84 bits per heavy atom. The molecule has 2 rings (SSSR count). The third-order valence-electron chi connectivity index (χ3n) is 3.59. The summed E-state index contributed by atoms with van der Waals surface area (Å²) in [6.07, 6.45) is -14.3. The number of ether oxygens (including phenoxy) is 1. The Hall–Kier alpha value is -2.69. The molecule has 0 unspecified atom stereocenters. The number of nitro benzene ring substituents is 2. The van der Waals surface area contributed by atoms with E-state index in [1.54, 1.807) is 0 Å². The van der Waals surface area contributed by atoms with E-state index in [0.29, 0.717) is 18.2 Å². The third-order valence-corrected chi connectivity index (χ3v) is 4.84. The van der Waals surface area contributed by atoms with E-state index in [4.69, 9.17) is 0 Å². The maximum atomic E-state index is 13.5. The van der Waals surface area contributed by atoms with E-state index in [-0.39, 0.29) is 20.7 Å². The molecule has 0 amide bonds. The van der Waals surface area contributed by atoms with Crippen molar-refractivity contribution in [2.45, 2.75) is 18.7 Å². The van der Waals surface area contributed by atoms with Gasteiger partial charge in [-0.15, -0.1) is 0 Å². The summed E-state index contributed by atoms with van der Waals surface area (Å²) >= 11 is 5.62. The summed E-state index contributed by atoms with van der Waals surface area (Å²) in [6.45, 7) is 0. The van der Waals surface area contributed by atoms with Crippen molar-refractivity contribution in [3.63, 3.8) is 0 Å². The highest BCUT2D eigenvalue weighted by atomic mass is 79.9. The van der Waals surface area contributed by atoms with Crippen LogP contribution in [-0.2, 0) is 6.18 Å². The fraction of sp³-hybridized carbons (Fsp3) is 0.200. The number of nitrogens with zero attached hydrogens (tertiary/aromatic N) is 2. The Bertz CT molecular complexity index is 1060. The standard InChI is InChI=1S/C15H6Br2F7N3O5/c16-8-3-6(32-15(23,24)13(18)19)4-9(17)12(8)25-11-7(14(20,21)22)1-5(26(28)29)2-10(11)27(30)31/h1-4,13,25H. The summed E-state index contributed by atoms with van der Waals surface area (Å²) in [5, 5.41) is 24.2. The van der Waals surface area contributed by atoms with Gasteiger partial charge in [0.2, 0.25) is 0 Å². The molecular weight excluding hydrogens is 595 g/mol. The molecule has 0 spiro atoms. The quantitative estimate of drug-likeness (QED) is 0.208. The van der Waals surface area contributed by atoms with Crippen LogP contribution in [-0.4, -0.2) is 22.4 Å². The SMILES string of the molecule is O=[N+]([O-])c1cc([N+](=O)[O-])c(Nc2c(Br)cc(OC(F)(F)C(F)F)cc2Br)c(C(F)(F)F)c1. The Kier molecular flexibility index (Phi) is 7.23. The molecule has 1 N–H and O–H groups in total. The van der Waals surface area contributed by atoms with Crippen LogP contribution in [0.3, 0.4) is 0 Å². The topological polar surface area (TPSA) is 108 Å². The summed E-state index contributed by atoms with van der Waals surface area (Å²) in [4.78, 5) is 19.6. The van der Waals surface area contributed by atoms with Gasteiger partial charge >= 0.3 is 18.7 Å². The second-order valence-corrected chi connectivity index (χ2v) is 7.46. The molecule has 0 heterocycles.